The summed E-state index contributed by atoms with van der Waals surface area (Å²) in [6.07, 6.45) is -4.58. The van der Waals surface area contributed by atoms with Crippen molar-refractivity contribution in [2.75, 3.05) is 0 Å². The number of nitriles is 1. The largest absolute Gasteiger partial charge is 0.416 e. The highest BCUT2D eigenvalue weighted by atomic mass is 19.4. The third-order valence-electron chi connectivity index (χ3n) is 8.40. The third kappa shape index (κ3) is 3.76. The Morgan fingerprint density at radius 3 is 1.41 bits per heavy atom. The lowest BCUT2D eigenvalue weighted by Gasteiger charge is -2.21. The molecule has 2 aromatic heterocycles. The fraction of sp³-hybridized carbons (Fsp3) is 0.0263. The molecule has 8 aromatic rings. The minimum absolute atomic E-state index is 0.283. The first-order chi connectivity index (χ1) is 21.5. The smallest absolute Gasteiger partial charge is 0.309 e. The molecular formula is C38H22F3N3. The van der Waals surface area contributed by atoms with Gasteiger partial charge in [-0.05, 0) is 54.6 Å². The fourth-order valence-electron chi connectivity index (χ4n) is 6.57. The molecule has 6 heteroatoms. The Morgan fingerprint density at radius 2 is 0.955 bits per heavy atom. The summed E-state index contributed by atoms with van der Waals surface area (Å²) in [6, 6.07) is 43.1. The zero-order valence-corrected chi connectivity index (χ0v) is 23.2. The molecule has 0 amide bonds. The molecule has 8 rings (SSSR count). The summed E-state index contributed by atoms with van der Waals surface area (Å²) in [4.78, 5) is 0. The summed E-state index contributed by atoms with van der Waals surface area (Å²) in [5, 5.41) is 14.4. The van der Waals surface area contributed by atoms with E-state index in [1.807, 2.05) is 108 Å². The molecule has 0 bridgehead atoms. The lowest BCUT2D eigenvalue weighted by molar-refractivity contribution is -0.137. The molecule has 0 N–H and O–H groups in total. The fourth-order valence-corrected chi connectivity index (χ4v) is 6.57. The van der Waals surface area contributed by atoms with Crippen molar-refractivity contribution in [2.45, 2.75) is 6.18 Å². The number of nitrogens with zero attached hydrogens (tertiary/aromatic N) is 3. The van der Waals surface area contributed by atoms with Gasteiger partial charge in [0.1, 0.15) is 0 Å². The van der Waals surface area contributed by atoms with Crippen LogP contribution in [-0.4, -0.2) is 9.13 Å². The Labute approximate surface area is 250 Å². The molecule has 210 valence electrons. The minimum Gasteiger partial charge on any atom is -0.309 e. The Morgan fingerprint density at radius 1 is 0.500 bits per heavy atom. The van der Waals surface area contributed by atoms with Crippen molar-refractivity contribution in [3.8, 4) is 28.6 Å². The van der Waals surface area contributed by atoms with Gasteiger partial charge in [-0.25, -0.2) is 0 Å². The lowest BCUT2D eigenvalue weighted by atomic mass is 9.94. The molecule has 0 saturated carbocycles. The van der Waals surface area contributed by atoms with Crippen LogP contribution in [0.5, 0.6) is 0 Å². The van der Waals surface area contributed by atoms with Crippen molar-refractivity contribution in [3.63, 3.8) is 0 Å². The van der Waals surface area contributed by atoms with E-state index in [2.05, 4.69) is 10.6 Å². The number of fused-ring (bicyclic) bond motifs is 6. The van der Waals surface area contributed by atoms with Gasteiger partial charge in [-0.15, -0.1) is 0 Å². The van der Waals surface area contributed by atoms with E-state index in [1.165, 1.54) is 12.1 Å². The number of para-hydroxylation sites is 4. The molecule has 0 saturated heterocycles. The van der Waals surface area contributed by atoms with Gasteiger partial charge in [0.05, 0.1) is 50.6 Å². The molecule has 44 heavy (non-hydrogen) atoms. The first-order valence-electron chi connectivity index (χ1n) is 14.2. The molecule has 0 radical (unpaired) electrons. The van der Waals surface area contributed by atoms with Crippen LogP contribution < -0.4 is 0 Å². The third-order valence-corrected chi connectivity index (χ3v) is 8.40. The number of benzene rings is 6. The molecule has 6 aromatic carbocycles. The first kappa shape index (κ1) is 25.9. The molecular weight excluding hydrogens is 555 g/mol. The highest BCUT2D eigenvalue weighted by molar-refractivity contribution is 6.11. The molecule has 3 nitrogen and oxygen atoms in total. The molecule has 0 unspecified atom stereocenters. The van der Waals surface area contributed by atoms with E-state index in [0.29, 0.717) is 22.5 Å². The first-order valence-corrected chi connectivity index (χ1v) is 14.2. The quantitative estimate of drug-likeness (QED) is 0.206. The monoisotopic (exact) mass is 577 g/mol. The van der Waals surface area contributed by atoms with Crippen molar-refractivity contribution in [2.24, 2.45) is 0 Å². The Hall–Kier alpha value is -5.80. The molecule has 0 aliphatic rings. The standard InChI is InChI=1S/C38H22F3N3/c39-38(40,41)25-20-21-35(43-31-15-5-1-11-26(31)27-12-2-6-16-32(27)43)30(22-25)37-24(23-42)10-9-19-36(37)44-33-17-7-3-13-28(33)29-14-4-8-18-34(29)44/h1-22H. The highest BCUT2D eigenvalue weighted by Crippen LogP contribution is 2.44. The topological polar surface area (TPSA) is 33.6 Å². The van der Waals surface area contributed by atoms with Crippen LogP contribution in [0, 0.1) is 11.3 Å². The number of rotatable bonds is 3. The van der Waals surface area contributed by atoms with Gasteiger partial charge in [-0.2, -0.15) is 18.4 Å². The van der Waals surface area contributed by atoms with Gasteiger partial charge in [-0.1, -0.05) is 78.9 Å². The number of halogens is 3. The Kier molecular flexibility index (Phi) is 5.65. The summed E-state index contributed by atoms with van der Waals surface area (Å²) < 4.78 is 47.1. The molecule has 0 aliphatic carbocycles. The van der Waals surface area contributed by atoms with Gasteiger partial charge in [0.2, 0.25) is 0 Å². The summed E-state index contributed by atoms with van der Waals surface area (Å²) in [7, 11) is 0. The van der Waals surface area contributed by atoms with Gasteiger partial charge in [0.25, 0.3) is 0 Å². The van der Waals surface area contributed by atoms with E-state index in [1.54, 1.807) is 12.1 Å². The predicted octanol–water partition coefficient (Wildman–Crippen LogP) is 10.4. The van der Waals surface area contributed by atoms with Crippen molar-refractivity contribution in [1.82, 2.24) is 9.13 Å². The zero-order valence-electron chi connectivity index (χ0n) is 23.2. The average Bonchev–Trinajstić information content (AvgIpc) is 3.57. The maximum Gasteiger partial charge on any atom is 0.416 e. The maximum absolute atomic E-state index is 14.4. The number of aromatic nitrogens is 2. The zero-order chi connectivity index (χ0) is 30.0. The SMILES string of the molecule is N#Cc1cccc(-n2c3ccccc3c3ccccc32)c1-c1cc(C(F)(F)F)ccc1-n1c2ccccc2c2ccccc21. The second-order valence-corrected chi connectivity index (χ2v) is 10.8. The second kappa shape index (κ2) is 9.62. The van der Waals surface area contributed by atoms with Crippen LogP contribution in [0.4, 0.5) is 13.2 Å². The van der Waals surface area contributed by atoms with Crippen molar-refractivity contribution < 1.29 is 13.2 Å². The van der Waals surface area contributed by atoms with Crippen molar-refractivity contribution in [3.05, 3.63) is 145 Å². The van der Waals surface area contributed by atoms with Crippen LogP contribution in [0.15, 0.2) is 133 Å². The van der Waals surface area contributed by atoms with Crippen LogP contribution in [0.2, 0.25) is 0 Å². The van der Waals surface area contributed by atoms with Crippen LogP contribution in [0.1, 0.15) is 11.1 Å². The van der Waals surface area contributed by atoms with Gasteiger partial charge in [0.15, 0.2) is 0 Å². The van der Waals surface area contributed by atoms with Gasteiger partial charge < -0.3 is 9.13 Å². The minimum atomic E-state index is -4.58. The Bertz CT molecular complexity index is 2350. The van der Waals surface area contributed by atoms with Crippen LogP contribution in [0.25, 0.3) is 66.1 Å². The van der Waals surface area contributed by atoms with E-state index in [0.717, 1.165) is 49.7 Å². The van der Waals surface area contributed by atoms with E-state index >= 15 is 0 Å². The molecule has 0 aliphatic heterocycles. The van der Waals surface area contributed by atoms with E-state index in [9.17, 15) is 18.4 Å². The summed E-state index contributed by atoms with van der Waals surface area (Å²) >= 11 is 0. The predicted molar refractivity (Wildman–Crippen MR) is 170 cm³/mol. The van der Waals surface area contributed by atoms with Gasteiger partial charge in [0, 0.05) is 32.7 Å². The number of alkyl halides is 3. The average molecular weight is 578 g/mol. The van der Waals surface area contributed by atoms with Crippen LogP contribution in [-0.2, 0) is 6.18 Å². The van der Waals surface area contributed by atoms with Crippen molar-refractivity contribution in [1.29, 1.82) is 5.26 Å². The highest BCUT2D eigenvalue weighted by Gasteiger charge is 2.32. The summed E-state index contributed by atoms with van der Waals surface area (Å²) in [5.41, 5.74) is 4.97. The summed E-state index contributed by atoms with van der Waals surface area (Å²) in [6.45, 7) is 0. The van der Waals surface area contributed by atoms with Gasteiger partial charge in [-0.3, -0.25) is 0 Å². The van der Waals surface area contributed by atoms with E-state index in [4.69, 9.17) is 0 Å². The summed E-state index contributed by atoms with van der Waals surface area (Å²) in [5.74, 6) is 0. The van der Waals surface area contributed by atoms with Crippen LogP contribution >= 0.6 is 0 Å². The normalized spacial score (nSPS) is 12.0. The number of hydrogen-bond acceptors (Lipinski definition) is 1. The van der Waals surface area contributed by atoms with Crippen molar-refractivity contribution >= 4 is 43.6 Å². The van der Waals surface area contributed by atoms with Crippen LogP contribution in [0.3, 0.4) is 0 Å². The van der Waals surface area contributed by atoms with Gasteiger partial charge >= 0.3 is 6.18 Å². The second-order valence-electron chi connectivity index (χ2n) is 10.8. The lowest BCUT2D eigenvalue weighted by Crippen LogP contribution is -2.08. The molecule has 0 atom stereocenters. The molecule has 0 fully saturated rings. The van der Waals surface area contributed by atoms with E-state index < -0.39 is 11.7 Å². The number of hydrogen-bond donors (Lipinski definition) is 0. The Balaban J connectivity index is 1.55. The molecule has 0 spiro atoms. The maximum atomic E-state index is 14.4. The molecule has 2 heterocycles. The van der Waals surface area contributed by atoms with E-state index in [-0.39, 0.29) is 5.56 Å².